The Bertz CT molecular complexity index is 302. The molecule has 2 rings (SSSR count). The van der Waals surface area contributed by atoms with Crippen molar-refractivity contribution in [2.45, 2.75) is 64.0 Å². The molecule has 20 heavy (non-hydrogen) atoms. The molecule has 4 nitrogen and oxygen atoms in total. The Labute approximate surface area is 124 Å². The molecule has 0 aromatic carbocycles. The molecule has 0 aliphatic heterocycles. The van der Waals surface area contributed by atoms with Gasteiger partial charge in [-0.1, -0.05) is 19.3 Å². The Balaban J connectivity index is 1.86. The van der Waals surface area contributed by atoms with Crippen LogP contribution in [-0.2, 0) is 0 Å². The highest BCUT2D eigenvalue weighted by Gasteiger charge is 2.32. The largest absolute Gasteiger partial charge is 0.357 e. The monoisotopic (exact) mass is 280 g/mol. The number of likely N-dealkylation sites (N-methyl/N-ethyl adjacent to an activating group) is 1. The van der Waals surface area contributed by atoms with E-state index < -0.39 is 0 Å². The molecule has 116 valence electrons. The number of nitrogens with zero attached hydrogens (tertiary/aromatic N) is 2. The molecule has 0 aromatic heterocycles. The van der Waals surface area contributed by atoms with Gasteiger partial charge in [-0.05, 0) is 52.6 Å². The third kappa shape index (κ3) is 4.97. The first kappa shape index (κ1) is 15.6. The van der Waals surface area contributed by atoms with Gasteiger partial charge in [-0.15, -0.1) is 0 Å². The Hall–Kier alpha value is -0.770. The highest BCUT2D eigenvalue weighted by Crippen LogP contribution is 2.34. The van der Waals surface area contributed by atoms with Gasteiger partial charge in [0.1, 0.15) is 0 Å². The van der Waals surface area contributed by atoms with Crippen LogP contribution in [0, 0.1) is 5.92 Å². The summed E-state index contributed by atoms with van der Waals surface area (Å²) in [6, 6.07) is 1.23. The minimum atomic E-state index is 0.608. The molecular weight excluding hydrogens is 248 g/mol. The van der Waals surface area contributed by atoms with Gasteiger partial charge in [0.2, 0.25) is 0 Å². The molecule has 1 atom stereocenters. The zero-order chi connectivity index (χ0) is 14.4. The Kier molecular flexibility index (Phi) is 6.14. The van der Waals surface area contributed by atoms with Gasteiger partial charge in [-0.25, -0.2) is 0 Å². The molecule has 0 saturated heterocycles. The van der Waals surface area contributed by atoms with Crippen molar-refractivity contribution in [1.82, 2.24) is 15.5 Å². The van der Waals surface area contributed by atoms with Crippen molar-refractivity contribution in [3.8, 4) is 0 Å². The van der Waals surface area contributed by atoms with Gasteiger partial charge in [0.15, 0.2) is 5.96 Å². The molecule has 0 radical (unpaired) electrons. The van der Waals surface area contributed by atoms with Crippen LogP contribution in [0.2, 0.25) is 0 Å². The van der Waals surface area contributed by atoms with Crippen LogP contribution in [0.4, 0.5) is 0 Å². The fourth-order valence-electron chi connectivity index (χ4n) is 3.16. The zero-order valence-electron chi connectivity index (χ0n) is 13.5. The average molecular weight is 280 g/mol. The summed E-state index contributed by atoms with van der Waals surface area (Å²) in [5, 5.41) is 7.03. The topological polar surface area (TPSA) is 39.7 Å². The Morgan fingerprint density at radius 2 is 1.85 bits per heavy atom. The molecule has 1 unspecified atom stereocenters. The minimum Gasteiger partial charge on any atom is -0.357 e. The van der Waals surface area contributed by atoms with Crippen molar-refractivity contribution in [3.05, 3.63) is 0 Å². The van der Waals surface area contributed by atoms with E-state index in [1.165, 1.54) is 44.9 Å². The summed E-state index contributed by atoms with van der Waals surface area (Å²) in [5.41, 5.74) is 0. The standard InChI is InChI=1S/C16H32N4/c1-4-17-16(19-14-8-6-5-7-9-14)18-12-15(20(2)3)13-10-11-13/h13-15H,4-12H2,1-3H3,(H2,17,18,19). The molecule has 2 aliphatic rings. The lowest BCUT2D eigenvalue weighted by atomic mass is 9.96. The number of rotatable bonds is 6. The molecule has 2 saturated carbocycles. The van der Waals surface area contributed by atoms with Crippen LogP contribution >= 0.6 is 0 Å². The zero-order valence-corrected chi connectivity index (χ0v) is 13.5. The lowest BCUT2D eigenvalue weighted by Gasteiger charge is -2.26. The molecule has 0 heterocycles. The van der Waals surface area contributed by atoms with Crippen LogP contribution in [-0.4, -0.2) is 50.1 Å². The Morgan fingerprint density at radius 1 is 1.15 bits per heavy atom. The van der Waals surface area contributed by atoms with Crippen LogP contribution in [0.25, 0.3) is 0 Å². The van der Waals surface area contributed by atoms with Gasteiger partial charge in [0.25, 0.3) is 0 Å². The molecule has 0 aromatic rings. The maximum atomic E-state index is 4.84. The van der Waals surface area contributed by atoms with E-state index in [-0.39, 0.29) is 0 Å². The molecule has 2 N–H and O–H groups in total. The highest BCUT2D eigenvalue weighted by atomic mass is 15.2. The van der Waals surface area contributed by atoms with Crippen LogP contribution in [0.5, 0.6) is 0 Å². The maximum absolute atomic E-state index is 4.84. The van der Waals surface area contributed by atoms with E-state index in [9.17, 15) is 0 Å². The molecule has 0 bridgehead atoms. The number of hydrogen-bond acceptors (Lipinski definition) is 2. The summed E-state index contributed by atoms with van der Waals surface area (Å²) in [6.07, 6.45) is 9.47. The van der Waals surface area contributed by atoms with Crippen LogP contribution in [0.1, 0.15) is 51.9 Å². The number of aliphatic imine (C=N–C) groups is 1. The van der Waals surface area contributed by atoms with Crippen molar-refractivity contribution >= 4 is 5.96 Å². The number of nitrogens with one attached hydrogen (secondary N) is 2. The predicted molar refractivity (Wildman–Crippen MR) is 86.2 cm³/mol. The maximum Gasteiger partial charge on any atom is 0.191 e. The predicted octanol–water partition coefficient (Wildman–Crippen LogP) is 2.21. The van der Waals surface area contributed by atoms with Crippen molar-refractivity contribution in [2.24, 2.45) is 10.9 Å². The van der Waals surface area contributed by atoms with Crippen molar-refractivity contribution in [3.63, 3.8) is 0 Å². The van der Waals surface area contributed by atoms with E-state index >= 15 is 0 Å². The Morgan fingerprint density at radius 3 is 2.40 bits per heavy atom. The van der Waals surface area contributed by atoms with E-state index in [2.05, 4.69) is 36.6 Å². The van der Waals surface area contributed by atoms with Crippen molar-refractivity contribution < 1.29 is 0 Å². The third-order valence-electron chi connectivity index (χ3n) is 4.56. The molecule has 2 aliphatic carbocycles. The van der Waals surface area contributed by atoms with E-state index in [1.807, 2.05) is 0 Å². The second-order valence-electron chi connectivity index (χ2n) is 6.57. The first-order valence-electron chi connectivity index (χ1n) is 8.42. The van der Waals surface area contributed by atoms with Gasteiger partial charge in [-0.3, -0.25) is 4.99 Å². The second-order valence-corrected chi connectivity index (χ2v) is 6.57. The number of hydrogen-bond donors (Lipinski definition) is 2. The normalized spacial score (nSPS) is 22.9. The third-order valence-corrected chi connectivity index (χ3v) is 4.56. The van der Waals surface area contributed by atoms with E-state index in [4.69, 9.17) is 4.99 Å². The van der Waals surface area contributed by atoms with E-state index in [1.54, 1.807) is 0 Å². The lowest BCUT2D eigenvalue weighted by Crippen LogP contribution is -2.45. The van der Waals surface area contributed by atoms with Gasteiger partial charge >= 0.3 is 0 Å². The van der Waals surface area contributed by atoms with Gasteiger partial charge in [0.05, 0.1) is 6.54 Å². The van der Waals surface area contributed by atoms with Crippen molar-refractivity contribution in [2.75, 3.05) is 27.2 Å². The van der Waals surface area contributed by atoms with Crippen LogP contribution < -0.4 is 10.6 Å². The first-order valence-corrected chi connectivity index (χ1v) is 8.42. The molecule has 0 spiro atoms. The summed E-state index contributed by atoms with van der Waals surface area (Å²) in [5.74, 6) is 1.89. The average Bonchev–Trinajstić information content (AvgIpc) is 3.24. The summed E-state index contributed by atoms with van der Waals surface area (Å²) in [4.78, 5) is 7.18. The first-order chi connectivity index (χ1) is 9.70. The quantitative estimate of drug-likeness (QED) is 0.579. The molecular formula is C16H32N4. The summed E-state index contributed by atoms with van der Waals surface area (Å²) < 4.78 is 0. The minimum absolute atomic E-state index is 0.608. The van der Waals surface area contributed by atoms with E-state index in [0.717, 1.165) is 25.0 Å². The van der Waals surface area contributed by atoms with Crippen molar-refractivity contribution in [1.29, 1.82) is 0 Å². The second kappa shape index (κ2) is 7.87. The van der Waals surface area contributed by atoms with Crippen LogP contribution in [0.15, 0.2) is 4.99 Å². The summed E-state index contributed by atoms with van der Waals surface area (Å²) in [6.45, 7) is 4.00. The van der Waals surface area contributed by atoms with Gasteiger partial charge in [-0.2, -0.15) is 0 Å². The fraction of sp³-hybridized carbons (Fsp3) is 0.938. The summed E-state index contributed by atoms with van der Waals surface area (Å²) >= 11 is 0. The van der Waals surface area contributed by atoms with Crippen LogP contribution in [0.3, 0.4) is 0 Å². The number of guanidine groups is 1. The fourth-order valence-corrected chi connectivity index (χ4v) is 3.16. The van der Waals surface area contributed by atoms with E-state index in [0.29, 0.717) is 12.1 Å². The van der Waals surface area contributed by atoms with Gasteiger partial charge in [0, 0.05) is 18.6 Å². The highest BCUT2D eigenvalue weighted by molar-refractivity contribution is 5.80. The molecule has 0 amide bonds. The SMILES string of the molecule is CCNC(=NCC(C1CC1)N(C)C)NC1CCCCC1. The summed E-state index contributed by atoms with van der Waals surface area (Å²) in [7, 11) is 4.36. The smallest absolute Gasteiger partial charge is 0.191 e. The van der Waals surface area contributed by atoms with Gasteiger partial charge < -0.3 is 15.5 Å². The molecule has 4 heteroatoms. The lowest BCUT2D eigenvalue weighted by molar-refractivity contribution is 0.271. The molecule has 2 fully saturated rings.